The first-order valence-corrected chi connectivity index (χ1v) is 8.50. The van der Waals surface area contributed by atoms with Crippen LogP contribution in [0.25, 0.3) is 10.4 Å². The maximum Gasteiger partial charge on any atom is 0.249 e. The van der Waals surface area contributed by atoms with E-state index in [1.54, 1.807) is 12.1 Å². The molecule has 0 unspecified atom stereocenters. The number of azide groups is 1. The predicted octanol–water partition coefficient (Wildman–Crippen LogP) is 4.04. The quantitative estimate of drug-likeness (QED) is 0.261. The van der Waals surface area contributed by atoms with Crippen LogP contribution < -0.4 is 9.47 Å². The Morgan fingerprint density at radius 3 is 2.31 bits per heavy atom. The van der Waals surface area contributed by atoms with Crippen molar-refractivity contribution in [3.05, 3.63) is 93.9 Å². The van der Waals surface area contributed by atoms with Gasteiger partial charge in [-0.05, 0) is 28.8 Å². The minimum absolute atomic E-state index is 0.0106. The monoisotopic (exact) mass is 389 g/mol. The molecular formula is C21H15N3O5. The van der Waals surface area contributed by atoms with Crippen molar-refractivity contribution in [2.24, 2.45) is 5.11 Å². The number of rotatable bonds is 7. The van der Waals surface area contributed by atoms with Crippen molar-refractivity contribution < 1.29 is 23.9 Å². The van der Waals surface area contributed by atoms with Gasteiger partial charge >= 0.3 is 0 Å². The SMILES string of the molecule is C=CCOc1cccc2c1C(=O)c1c(OCC=C)cc(C(=O)N=[N+]=[N-])cc1C2=O. The Labute approximate surface area is 165 Å². The third-order valence-electron chi connectivity index (χ3n) is 4.17. The van der Waals surface area contributed by atoms with Crippen LogP contribution >= 0.6 is 0 Å². The molecule has 8 heteroatoms. The Bertz CT molecular complexity index is 1110. The highest BCUT2D eigenvalue weighted by atomic mass is 16.5. The number of hydrogen-bond acceptors (Lipinski definition) is 5. The van der Waals surface area contributed by atoms with Gasteiger partial charge in [0.15, 0.2) is 5.78 Å². The van der Waals surface area contributed by atoms with Gasteiger partial charge in [0.05, 0.1) is 11.1 Å². The second kappa shape index (κ2) is 8.24. The molecule has 8 nitrogen and oxygen atoms in total. The summed E-state index contributed by atoms with van der Waals surface area (Å²) in [5.41, 5.74) is 8.72. The maximum atomic E-state index is 13.3. The third-order valence-corrected chi connectivity index (χ3v) is 4.17. The van der Waals surface area contributed by atoms with Gasteiger partial charge in [0.1, 0.15) is 24.7 Å². The Morgan fingerprint density at radius 1 is 1.00 bits per heavy atom. The molecule has 1 aliphatic carbocycles. The van der Waals surface area contributed by atoms with E-state index in [0.717, 1.165) is 0 Å². The summed E-state index contributed by atoms with van der Waals surface area (Å²) in [5.74, 6) is -1.58. The van der Waals surface area contributed by atoms with Gasteiger partial charge < -0.3 is 9.47 Å². The van der Waals surface area contributed by atoms with E-state index in [1.807, 2.05) is 0 Å². The molecule has 2 aromatic rings. The summed E-state index contributed by atoms with van der Waals surface area (Å²) >= 11 is 0. The fourth-order valence-electron chi connectivity index (χ4n) is 3.01. The van der Waals surface area contributed by atoms with Crippen molar-refractivity contribution in [2.75, 3.05) is 13.2 Å². The number of benzene rings is 2. The van der Waals surface area contributed by atoms with Gasteiger partial charge in [0, 0.05) is 21.6 Å². The first-order valence-electron chi connectivity index (χ1n) is 8.50. The van der Waals surface area contributed by atoms with Crippen molar-refractivity contribution in [3.8, 4) is 11.5 Å². The van der Waals surface area contributed by atoms with Crippen molar-refractivity contribution in [1.29, 1.82) is 0 Å². The fraction of sp³-hybridized carbons (Fsp3) is 0.0952. The lowest BCUT2D eigenvalue weighted by Crippen LogP contribution is -2.23. The molecule has 1 amide bonds. The van der Waals surface area contributed by atoms with E-state index in [4.69, 9.17) is 15.0 Å². The molecule has 2 aromatic carbocycles. The topological polar surface area (TPSA) is 118 Å². The van der Waals surface area contributed by atoms with Crippen LogP contribution in [-0.2, 0) is 0 Å². The Balaban J connectivity index is 2.24. The van der Waals surface area contributed by atoms with E-state index >= 15 is 0 Å². The van der Waals surface area contributed by atoms with Crippen LogP contribution in [0.15, 0.2) is 60.8 Å². The molecule has 0 aliphatic heterocycles. The zero-order valence-corrected chi connectivity index (χ0v) is 15.3. The average Bonchev–Trinajstić information content (AvgIpc) is 2.73. The van der Waals surface area contributed by atoms with E-state index in [9.17, 15) is 14.4 Å². The molecule has 0 spiro atoms. The van der Waals surface area contributed by atoms with Crippen molar-refractivity contribution in [3.63, 3.8) is 0 Å². The summed E-state index contributed by atoms with van der Waals surface area (Å²) in [7, 11) is 0. The highest BCUT2D eigenvalue weighted by molar-refractivity contribution is 6.30. The van der Waals surface area contributed by atoms with Crippen LogP contribution in [0.1, 0.15) is 42.2 Å². The smallest absolute Gasteiger partial charge is 0.249 e. The number of fused-ring (bicyclic) bond motifs is 2. The first kappa shape index (κ1) is 19.6. The van der Waals surface area contributed by atoms with Crippen LogP contribution in [-0.4, -0.2) is 30.7 Å². The van der Waals surface area contributed by atoms with Gasteiger partial charge in [-0.3, -0.25) is 14.4 Å². The number of carbonyl (C=O) groups is 3. The highest BCUT2D eigenvalue weighted by Gasteiger charge is 2.35. The summed E-state index contributed by atoms with van der Waals surface area (Å²) < 4.78 is 11.1. The van der Waals surface area contributed by atoms with Crippen molar-refractivity contribution >= 4 is 17.5 Å². The molecule has 0 fully saturated rings. The minimum atomic E-state index is -0.895. The summed E-state index contributed by atoms with van der Waals surface area (Å²) in [5, 5.41) is 3.04. The number of carbonyl (C=O) groups excluding carboxylic acids is 3. The van der Waals surface area contributed by atoms with E-state index in [2.05, 4.69) is 23.2 Å². The standard InChI is InChI=1S/C21H15N3O5/c1-3-8-28-15-7-5-6-13-17(15)20(26)18-14(19(13)25)10-12(21(27)23-24-22)11-16(18)29-9-4-2/h3-7,10-11H,1-2,8-9H2. The summed E-state index contributed by atoms with van der Waals surface area (Å²) in [4.78, 5) is 40.9. The molecule has 3 rings (SSSR count). The van der Waals surface area contributed by atoms with E-state index < -0.39 is 17.5 Å². The highest BCUT2D eigenvalue weighted by Crippen LogP contribution is 2.38. The fourth-order valence-corrected chi connectivity index (χ4v) is 3.01. The molecular weight excluding hydrogens is 374 g/mol. The van der Waals surface area contributed by atoms with Gasteiger partial charge in [-0.25, -0.2) is 0 Å². The first-order chi connectivity index (χ1) is 14.0. The third kappa shape index (κ3) is 3.52. The largest absolute Gasteiger partial charge is 0.489 e. The van der Waals surface area contributed by atoms with Gasteiger partial charge in [-0.2, -0.15) is 0 Å². The van der Waals surface area contributed by atoms with Crippen LogP contribution in [0.2, 0.25) is 0 Å². The molecule has 0 saturated carbocycles. The van der Waals surface area contributed by atoms with E-state index in [1.165, 1.54) is 30.4 Å². The van der Waals surface area contributed by atoms with Crippen molar-refractivity contribution in [2.45, 2.75) is 0 Å². The summed E-state index contributed by atoms with van der Waals surface area (Å²) in [6.07, 6.45) is 2.98. The lowest BCUT2D eigenvalue weighted by Gasteiger charge is -2.22. The average molecular weight is 389 g/mol. The molecule has 0 atom stereocenters. The van der Waals surface area contributed by atoms with Crippen molar-refractivity contribution in [1.82, 2.24) is 0 Å². The number of hydrogen-bond donors (Lipinski definition) is 0. The molecule has 1 aliphatic rings. The van der Waals surface area contributed by atoms with E-state index in [0.29, 0.717) is 0 Å². The molecule has 0 saturated heterocycles. The molecule has 0 radical (unpaired) electrons. The Hall–Kier alpha value is -4.16. The number of ketones is 2. The van der Waals surface area contributed by atoms with Gasteiger partial charge in [0.2, 0.25) is 11.7 Å². The predicted molar refractivity (Wildman–Crippen MR) is 105 cm³/mol. The molecule has 0 aromatic heterocycles. The molecule has 0 bridgehead atoms. The van der Waals surface area contributed by atoms with Crippen LogP contribution in [0.3, 0.4) is 0 Å². The van der Waals surface area contributed by atoms with E-state index in [-0.39, 0.29) is 52.5 Å². The molecule has 0 N–H and O–H groups in total. The van der Waals surface area contributed by atoms with Gasteiger partial charge in [-0.15, -0.1) is 0 Å². The lowest BCUT2D eigenvalue weighted by molar-refractivity contribution is 0.0970. The normalized spacial score (nSPS) is 11.6. The number of amides is 1. The second-order valence-corrected chi connectivity index (χ2v) is 5.93. The molecule has 29 heavy (non-hydrogen) atoms. The van der Waals surface area contributed by atoms with Gasteiger partial charge in [-0.1, -0.05) is 37.4 Å². The van der Waals surface area contributed by atoms with Crippen LogP contribution in [0.5, 0.6) is 11.5 Å². The lowest BCUT2D eigenvalue weighted by atomic mass is 9.82. The van der Waals surface area contributed by atoms with Crippen LogP contribution in [0.4, 0.5) is 0 Å². The van der Waals surface area contributed by atoms with Gasteiger partial charge in [0.25, 0.3) is 0 Å². The minimum Gasteiger partial charge on any atom is -0.489 e. The Morgan fingerprint density at radius 2 is 1.66 bits per heavy atom. The van der Waals surface area contributed by atoms with Crippen LogP contribution in [0, 0.1) is 0 Å². The number of ether oxygens (including phenoxy) is 2. The zero-order chi connectivity index (χ0) is 21.0. The summed E-state index contributed by atoms with van der Waals surface area (Å²) in [6.45, 7) is 7.32. The summed E-state index contributed by atoms with van der Waals surface area (Å²) in [6, 6.07) is 7.18. The molecule has 0 heterocycles. The number of nitrogens with zero attached hydrogens (tertiary/aromatic N) is 3. The maximum absolute atomic E-state index is 13.3. The zero-order valence-electron chi connectivity index (χ0n) is 15.3. The molecule has 144 valence electrons. The Kier molecular flexibility index (Phi) is 5.57. The second-order valence-electron chi connectivity index (χ2n) is 5.93.